The Hall–Kier alpha value is -2.62. The Balaban J connectivity index is 2.03. The van der Waals surface area contributed by atoms with Crippen LogP contribution in [0.2, 0.25) is 0 Å². The lowest BCUT2D eigenvalue weighted by atomic mass is 9.90. The molecule has 1 aliphatic rings. The highest BCUT2D eigenvalue weighted by Crippen LogP contribution is 2.39. The van der Waals surface area contributed by atoms with E-state index in [1.165, 1.54) is 0 Å². The first-order valence-corrected chi connectivity index (χ1v) is 6.71. The summed E-state index contributed by atoms with van der Waals surface area (Å²) < 4.78 is 5.88. The van der Waals surface area contributed by atoms with Crippen molar-refractivity contribution < 1.29 is 14.6 Å². The molecule has 3 rings (SSSR count). The van der Waals surface area contributed by atoms with Gasteiger partial charge in [-0.3, -0.25) is 0 Å². The maximum absolute atomic E-state index is 11.7. The second-order valence-corrected chi connectivity index (χ2v) is 5.14. The van der Waals surface area contributed by atoms with Crippen LogP contribution in [0.5, 0.6) is 0 Å². The van der Waals surface area contributed by atoms with Crippen LogP contribution in [-0.4, -0.2) is 22.5 Å². The lowest BCUT2D eigenvalue weighted by Gasteiger charge is -2.23. The Morgan fingerprint density at radius 3 is 2.24 bits per heavy atom. The molecule has 4 heteroatoms. The van der Waals surface area contributed by atoms with E-state index in [2.05, 4.69) is 4.99 Å². The largest absolute Gasteiger partial charge is 0.479 e. The highest BCUT2D eigenvalue weighted by atomic mass is 16.5. The fourth-order valence-corrected chi connectivity index (χ4v) is 2.42. The lowest BCUT2D eigenvalue weighted by molar-refractivity contribution is -0.145. The average molecular weight is 281 g/mol. The molecule has 0 fully saturated rings. The van der Waals surface area contributed by atoms with Crippen molar-refractivity contribution in [2.75, 3.05) is 0 Å². The standard InChI is InChI=1S/C17H15NO3/c1-17(16(19)20)14(12-8-4-2-5-9-12)21-15(18-17)13-10-6-3-7-11-13/h2-11,14H,1H3,(H,19,20)/t14-,17-/m1/s1. The maximum Gasteiger partial charge on any atom is 0.335 e. The maximum atomic E-state index is 11.7. The highest BCUT2D eigenvalue weighted by Gasteiger charge is 2.49. The predicted molar refractivity (Wildman–Crippen MR) is 79.3 cm³/mol. The molecule has 0 bridgehead atoms. The Kier molecular flexibility index (Phi) is 3.22. The number of nitrogens with zero attached hydrogens (tertiary/aromatic N) is 1. The molecule has 0 unspecified atom stereocenters. The van der Waals surface area contributed by atoms with Crippen molar-refractivity contribution in [2.24, 2.45) is 4.99 Å². The van der Waals surface area contributed by atoms with Crippen molar-refractivity contribution in [3.63, 3.8) is 0 Å². The van der Waals surface area contributed by atoms with Crippen LogP contribution in [0.1, 0.15) is 24.2 Å². The van der Waals surface area contributed by atoms with Gasteiger partial charge >= 0.3 is 5.97 Å². The number of hydrogen-bond donors (Lipinski definition) is 1. The second kappa shape index (κ2) is 5.05. The van der Waals surface area contributed by atoms with Crippen LogP contribution in [0.3, 0.4) is 0 Å². The Morgan fingerprint density at radius 1 is 1.10 bits per heavy atom. The predicted octanol–water partition coefficient (Wildman–Crippen LogP) is 3.05. The van der Waals surface area contributed by atoms with Gasteiger partial charge in [0.05, 0.1) is 0 Å². The van der Waals surface area contributed by atoms with Crippen molar-refractivity contribution in [3.8, 4) is 0 Å². The summed E-state index contributed by atoms with van der Waals surface area (Å²) in [5.74, 6) is -0.628. The SMILES string of the molecule is C[C@@]1(C(=O)O)N=C(c2ccccc2)O[C@@H]1c1ccccc1. The fourth-order valence-electron chi connectivity index (χ4n) is 2.42. The normalized spacial score (nSPS) is 24.2. The molecule has 0 spiro atoms. The number of carbonyl (C=O) groups is 1. The van der Waals surface area contributed by atoms with E-state index in [9.17, 15) is 9.90 Å². The topological polar surface area (TPSA) is 58.9 Å². The third-order valence-electron chi connectivity index (χ3n) is 3.63. The van der Waals surface area contributed by atoms with E-state index < -0.39 is 17.6 Å². The fraction of sp³-hybridized carbons (Fsp3) is 0.176. The molecule has 1 heterocycles. The number of carboxylic acid groups (broad SMARTS) is 1. The first-order valence-electron chi connectivity index (χ1n) is 6.71. The third kappa shape index (κ3) is 2.29. The van der Waals surface area contributed by atoms with Crippen molar-refractivity contribution >= 4 is 11.9 Å². The van der Waals surface area contributed by atoms with Crippen LogP contribution in [0.4, 0.5) is 0 Å². The number of carboxylic acids is 1. The molecule has 0 saturated carbocycles. The molecule has 1 N–H and O–H groups in total. The minimum atomic E-state index is -1.33. The van der Waals surface area contributed by atoms with Gasteiger partial charge in [0.2, 0.25) is 5.90 Å². The van der Waals surface area contributed by atoms with Crippen LogP contribution in [0.15, 0.2) is 65.7 Å². The summed E-state index contributed by atoms with van der Waals surface area (Å²) >= 11 is 0. The molecule has 2 aromatic rings. The van der Waals surface area contributed by atoms with Crippen LogP contribution < -0.4 is 0 Å². The Morgan fingerprint density at radius 2 is 1.67 bits per heavy atom. The van der Waals surface area contributed by atoms with Gasteiger partial charge in [-0.15, -0.1) is 0 Å². The molecule has 0 aromatic heterocycles. The molecule has 0 amide bonds. The van der Waals surface area contributed by atoms with E-state index in [1.807, 2.05) is 60.7 Å². The number of ether oxygens (including phenoxy) is 1. The summed E-state index contributed by atoms with van der Waals surface area (Å²) in [5, 5.41) is 9.58. The van der Waals surface area contributed by atoms with E-state index in [0.717, 1.165) is 11.1 Å². The minimum absolute atomic E-state index is 0.370. The molecule has 0 radical (unpaired) electrons. The van der Waals surface area contributed by atoms with Gasteiger partial charge < -0.3 is 9.84 Å². The quantitative estimate of drug-likeness (QED) is 0.940. The van der Waals surface area contributed by atoms with Crippen LogP contribution in [-0.2, 0) is 9.53 Å². The molecular weight excluding hydrogens is 266 g/mol. The monoisotopic (exact) mass is 281 g/mol. The minimum Gasteiger partial charge on any atom is -0.479 e. The molecule has 2 atom stereocenters. The molecule has 4 nitrogen and oxygen atoms in total. The van der Waals surface area contributed by atoms with Crippen molar-refractivity contribution in [2.45, 2.75) is 18.6 Å². The first-order chi connectivity index (χ1) is 10.1. The van der Waals surface area contributed by atoms with Crippen molar-refractivity contribution in [1.82, 2.24) is 0 Å². The zero-order chi connectivity index (χ0) is 14.9. The van der Waals surface area contributed by atoms with E-state index in [4.69, 9.17) is 4.74 Å². The first kappa shape index (κ1) is 13.4. The zero-order valence-electron chi connectivity index (χ0n) is 11.6. The number of hydrogen-bond acceptors (Lipinski definition) is 3. The van der Waals surface area contributed by atoms with E-state index in [-0.39, 0.29) is 0 Å². The van der Waals surface area contributed by atoms with Gasteiger partial charge in [-0.25, -0.2) is 9.79 Å². The lowest BCUT2D eigenvalue weighted by Crippen LogP contribution is -2.37. The summed E-state index contributed by atoms with van der Waals surface area (Å²) in [6.07, 6.45) is -0.633. The van der Waals surface area contributed by atoms with Crippen LogP contribution in [0.25, 0.3) is 0 Å². The number of aliphatic carboxylic acids is 1. The van der Waals surface area contributed by atoms with E-state index in [1.54, 1.807) is 6.92 Å². The zero-order valence-corrected chi connectivity index (χ0v) is 11.6. The van der Waals surface area contributed by atoms with Crippen molar-refractivity contribution in [1.29, 1.82) is 0 Å². The third-order valence-corrected chi connectivity index (χ3v) is 3.63. The van der Waals surface area contributed by atoms with E-state index >= 15 is 0 Å². The van der Waals surface area contributed by atoms with Crippen LogP contribution in [0, 0.1) is 0 Å². The molecule has 2 aromatic carbocycles. The van der Waals surface area contributed by atoms with E-state index in [0.29, 0.717) is 5.90 Å². The summed E-state index contributed by atoms with van der Waals surface area (Å²) in [5.41, 5.74) is 0.257. The van der Waals surface area contributed by atoms with Gasteiger partial charge in [-0.05, 0) is 24.6 Å². The van der Waals surface area contributed by atoms with Gasteiger partial charge in [-0.2, -0.15) is 0 Å². The summed E-state index contributed by atoms with van der Waals surface area (Å²) in [6, 6.07) is 18.7. The Bertz CT molecular complexity index is 682. The number of rotatable bonds is 3. The molecule has 0 aliphatic carbocycles. The summed E-state index contributed by atoms with van der Waals surface area (Å²) in [4.78, 5) is 16.0. The molecule has 21 heavy (non-hydrogen) atoms. The summed E-state index contributed by atoms with van der Waals surface area (Å²) in [7, 11) is 0. The average Bonchev–Trinajstić information content (AvgIpc) is 2.88. The van der Waals surface area contributed by atoms with Gasteiger partial charge in [0, 0.05) is 5.56 Å². The van der Waals surface area contributed by atoms with Crippen molar-refractivity contribution in [3.05, 3.63) is 71.8 Å². The second-order valence-electron chi connectivity index (χ2n) is 5.14. The highest BCUT2D eigenvalue weighted by molar-refractivity contribution is 5.99. The van der Waals surface area contributed by atoms with Gasteiger partial charge in [0.1, 0.15) is 0 Å². The van der Waals surface area contributed by atoms with Gasteiger partial charge in [-0.1, -0.05) is 48.5 Å². The smallest absolute Gasteiger partial charge is 0.335 e. The van der Waals surface area contributed by atoms with Crippen LogP contribution >= 0.6 is 0 Å². The molecule has 106 valence electrons. The molecule has 1 aliphatic heterocycles. The molecule has 0 saturated heterocycles. The summed E-state index contributed by atoms with van der Waals surface area (Å²) in [6.45, 7) is 1.59. The Labute approximate surface area is 122 Å². The van der Waals surface area contributed by atoms with Gasteiger partial charge in [0.15, 0.2) is 11.6 Å². The number of aliphatic imine (C=N–C) groups is 1. The molecular formula is C17H15NO3. The number of benzene rings is 2. The van der Waals surface area contributed by atoms with Gasteiger partial charge in [0.25, 0.3) is 0 Å².